The van der Waals surface area contributed by atoms with Crippen molar-refractivity contribution in [3.63, 3.8) is 0 Å². The minimum atomic E-state index is -0.0873. The summed E-state index contributed by atoms with van der Waals surface area (Å²) in [5.74, 6) is 2.03. The van der Waals surface area contributed by atoms with Crippen molar-refractivity contribution in [3.05, 3.63) is 93.9 Å². The second kappa shape index (κ2) is 12.1. The van der Waals surface area contributed by atoms with Crippen LogP contribution in [0.2, 0.25) is 0 Å². The van der Waals surface area contributed by atoms with Crippen LogP contribution in [-0.4, -0.2) is 34.9 Å². The van der Waals surface area contributed by atoms with Crippen LogP contribution in [0.1, 0.15) is 29.2 Å². The molecule has 0 atom stereocenters. The Morgan fingerprint density at radius 3 is 2.39 bits per heavy atom. The lowest BCUT2D eigenvalue weighted by Crippen LogP contribution is -2.27. The predicted octanol–water partition coefficient (Wildman–Crippen LogP) is 6.56. The Labute approximate surface area is 222 Å². The van der Waals surface area contributed by atoms with Gasteiger partial charge in [-0.3, -0.25) is 9.69 Å². The number of hydrogen-bond acceptors (Lipinski definition) is 6. The monoisotopic (exact) mass is 519 g/mol. The Morgan fingerprint density at radius 2 is 1.64 bits per heavy atom. The van der Waals surface area contributed by atoms with Crippen LogP contribution in [0.5, 0.6) is 17.2 Å². The fourth-order valence-corrected chi connectivity index (χ4v) is 4.98. The first-order valence-electron chi connectivity index (χ1n) is 11.8. The first-order valence-corrected chi connectivity index (χ1v) is 13.1. The lowest BCUT2D eigenvalue weighted by atomic mass is 10.1. The maximum atomic E-state index is 13.0. The number of amides is 1. The van der Waals surface area contributed by atoms with Crippen molar-refractivity contribution in [1.82, 2.24) is 4.90 Å². The first-order chi connectivity index (χ1) is 17.4. The van der Waals surface area contributed by atoms with Crippen LogP contribution in [0.15, 0.2) is 71.6 Å². The second-order valence-electron chi connectivity index (χ2n) is 8.36. The van der Waals surface area contributed by atoms with Crippen LogP contribution in [0, 0.1) is 13.8 Å². The number of thiocarbonyl (C=S) groups is 1. The van der Waals surface area contributed by atoms with Gasteiger partial charge in [0.15, 0.2) is 11.5 Å². The molecule has 4 rings (SSSR count). The van der Waals surface area contributed by atoms with E-state index in [0.717, 1.165) is 28.0 Å². The van der Waals surface area contributed by atoms with Gasteiger partial charge in [0.2, 0.25) is 0 Å². The van der Waals surface area contributed by atoms with Crippen LogP contribution in [-0.2, 0) is 11.3 Å². The van der Waals surface area contributed by atoms with Gasteiger partial charge in [0.1, 0.15) is 23.3 Å². The van der Waals surface area contributed by atoms with Crippen molar-refractivity contribution in [1.29, 1.82) is 0 Å². The molecule has 5 nitrogen and oxygen atoms in total. The molecule has 1 aliphatic rings. The standard InChI is InChI=1S/C29H29NO4S2/c1-4-32-26-17-23(12-13-24(26)33-14-15-34-25-16-20(2)10-11-21(25)3)18-27-28(31)30(29(35)36-27)19-22-8-6-5-7-9-22/h5-13,16-18H,4,14-15,19H2,1-3H3/b27-18-. The summed E-state index contributed by atoms with van der Waals surface area (Å²) < 4.78 is 18.2. The number of aryl methyl sites for hydroxylation is 2. The van der Waals surface area contributed by atoms with E-state index < -0.39 is 0 Å². The number of hydrogen-bond donors (Lipinski definition) is 0. The van der Waals surface area contributed by atoms with E-state index in [0.29, 0.717) is 47.1 Å². The number of benzene rings is 3. The summed E-state index contributed by atoms with van der Waals surface area (Å²) in [5.41, 5.74) is 4.13. The third-order valence-electron chi connectivity index (χ3n) is 5.56. The fraction of sp³-hybridized carbons (Fsp3) is 0.241. The molecule has 0 saturated carbocycles. The number of nitrogens with zero attached hydrogens (tertiary/aromatic N) is 1. The van der Waals surface area contributed by atoms with Crippen molar-refractivity contribution in [3.8, 4) is 17.2 Å². The van der Waals surface area contributed by atoms with Gasteiger partial charge in [-0.1, -0.05) is 72.5 Å². The number of carbonyl (C=O) groups excluding carboxylic acids is 1. The number of ether oxygens (including phenoxy) is 3. The highest BCUT2D eigenvalue weighted by Crippen LogP contribution is 2.35. The van der Waals surface area contributed by atoms with Crippen LogP contribution in [0.4, 0.5) is 0 Å². The summed E-state index contributed by atoms with van der Waals surface area (Å²) in [7, 11) is 0. The topological polar surface area (TPSA) is 48.0 Å². The molecule has 7 heteroatoms. The summed E-state index contributed by atoms with van der Waals surface area (Å²) >= 11 is 6.79. The van der Waals surface area contributed by atoms with Gasteiger partial charge in [-0.15, -0.1) is 0 Å². The van der Waals surface area contributed by atoms with E-state index in [1.807, 2.05) is 87.5 Å². The van der Waals surface area contributed by atoms with Gasteiger partial charge in [-0.25, -0.2) is 0 Å². The first kappa shape index (κ1) is 25.8. The number of rotatable bonds is 10. The summed E-state index contributed by atoms with van der Waals surface area (Å²) in [6.45, 7) is 7.75. The zero-order valence-electron chi connectivity index (χ0n) is 20.7. The normalized spacial score (nSPS) is 14.4. The SMILES string of the molecule is CCOc1cc(/C=C2\SC(=S)N(Cc3ccccc3)C2=O)ccc1OCCOc1cc(C)ccc1C. The minimum Gasteiger partial charge on any atom is -0.490 e. The Morgan fingerprint density at radius 1 is 0.889 bits per heavy atom. The summed E-state index contributed by atoms with van der Waals surface area (Å²) in [4.78, 5) is 15.2. The zero-order valence-corrected chi connectivity index (χ0v) is 22.3. The van der Waals surface area contributed by atoms with Gasteiger partial charge in [-0.2, -0.15) is 0 Å². The minimum absolute atomic E-state index is 0.0873. The van der Waals surface area contributed by atoms with Crippen LogP contribution in [0.3, 0.4) is 0 Å². The molecular formula is C29H29NO4S2. The maximum Gasteiger partial charge on any atom is 0.266 e. The van der Waals surface area contributed by atoms with Gasteiger partial charge in [0.25, 0.3) is 5.91 Å². The van der Waals surface area contributed by atoms with E-state index in [1.54, 1.807) is 4.90 Å². The Kier molecular flexibility index (Phi) is 8.67. The summed E-state index contributed by atoms with van der Waals surface area (Å²) in [5, 5.41) is 0. The predicted molar refractivity (Wildman–Crippen MR) is 150 cm³/mol. The van der Waals surface area contributed by atoms with Crippen molar-refractivity contribution in [2.75, 3.05) is 19.8 Å². The maximum absolute atomic E-state index is 13.0. The lowest BCUT2D eigenvalue weighted by molar-refractivity contribution is -0.122. The molecule has 0 N–H and O–H groups in total. The molecule has 0 spiro atoms. The van der Waals surface area contributed by atoms with Gasteiger partial charge in [0, 0.05) is 0 Å². The van der Waals surface area contributed by atoms with E-state index in [1.165, 1.54) is 11.8 Å². The second-order valence-corrected chi connectivity index (χ2v) is 10.0. The molecule has 0 bridgehead atoms. The third kappa shape index (κ3) is 6.47. The fourth-order valence-electron chi connectivity index (χ4n) is 3.72. The van der Waals surface area contributed by atoms with Crippen LogP contribution < -0.4 is 14.2 Å². The molecule has 1 fully saturated rings. The average Bonchev–Trinajstić information content (AvgIpc) is 3.13. The molecule has 3 aromatic carbocycles. The third-order valence-corrected chi connectivity index (χ3v) is 6.94. The lowest BCUT2D eigenvalue weighted by Gasteiger charge is -2.14. The van der Waals surface area contributed by atoms with Gasteiger partial charge in [0.05, 0.1) is 18.1 Å². The van der Waals surface area contributed by atoms with Crippen LogP contribution in [0.25, 0.3) is 6.08 Å². The number of carbonyl (C=O) groups is 1. The molecule has 1 amide bonds. The molecule has 1 heterocycles. The Hall–Kier alpha value is -3.29. The van der Waals surface area contributed by atoms with Crippen molar-refractivity contribution >= 4 is 40.3 Å². The molecule has 36 heavy (non-hydrogen) atoms. The molecule has 1 aliphatic heterocycles. The van der Waals surface area contributed by atoms with E-state index in [-0.39, 0.29) is 5.91 Å². The molecule has 0 radical (unpaired) electrons. The molecular weight excluding hydrogens is 490 g/mol. The zero-order chi connectivity index (χ0) is 25.5. The quantitative estimate of drug-likeness (QED) is 0.172. The van der Waals surface area contributed by atoms with Gasteiger partial charge >= 0.3 is 0 Å². The molecule has 186 valence electrons. The van der Waals surface area contributed by atoms with E-state index in [2.05, 4.69) is 6.07 Å². The molecule has 0 unspecified atom stereocenters. The average molecular weight is 520 g/mol. The molecule has 0 aliphatic carbocycles. The van der Waals surface area contributed by atoms with Crippen molar-refractivity contribution < 1.29 is 19.0 Å². The highest BCUT2D eigenvalue weighted by molar-refractivity contribution is 8.26. The van der Waals surface area contributed by atoms with E-state index in [9.17, 15) is 4.79 Å². The smallest absolute Gasteiger partial charge is 0.266 e. The van der Waals surface area contributed by atoms with Crippen molar-refractivity contribution in [2.45, 2.75) is 27.3 Å². The molecule has 0 aromatic heterocycles. The van der Waals surface area contributed by atoms with Crippen LogP contribution >= 0.6 is 24.0 Å². The summed E-state index contributed by atoms with van der Waals surface area (Å²) in [6.07, 6.45) is 1.85. The largest absolute Gasteiger partial charge is 0.490 e. The van der Waals surface area contributed by atoms with Gasteiger partial charge in [-0.05, 0) is 67.3 Å². The molecule has 3 aromatic rings. The van der Waals surface area contributed by atoms with Gasteiger partial charge < -0.3 is 14.2 Å². The summed E-state index contributed by atoms with van der Waals surface area (Å²) in [6, 6.07) is 21.6. The van der Waals surface area contributed by atoms with E-state index >= 15 is 0 Å². The van der Waals surface area contributed by atoms with Crippen molar-refractivity contribution in [2.24, 2.45) is 0 Å². The highest BCUT2D eigenvalue weighted by atomic mass is 32.2. The molecule has 1 saturated heterocycles. The Balaban J connectivity index is 1.41. The Bertz CT molecular complexity index is 1270. The highest BCUT2D eigenvalue weighted by Gasteiger charge is 2.32. The van der Waals surface area contributed by atoms with E-state index in [4.69, 9.17) is 26.4 Å². The number of thioether (sulfide) groups is 1.